The fourth-order valence-electron chi connectivity index (χ4n) is 2.36. The van der Waals surface area contributed by atoms with Crippen molar-refractivity contribution in [2.24, 2.45) is 0 Å². The molecule has 0 saturated carbocycles. The van der Waals surface area contributed by atoms with Crippen molar-refractivity contribution in [1.29, 1.82) is 0 Å². The molecule has 1 amide bonds. The third kappa shape index (κ3) is 4.70. The van der Waals surface area contributed by atoms with Crippen molar-refractivity contribution in [1.82, 2.24) is 9.88 Å². The first-order valence-corrected chi connectivity index (χ1v) is 8.16. The van der Waals surface area contributed by atoms with Crippen LogP contribution in [0.4, 0.5) is 5.13 Å². The van der Waals surface area contributed by atoms with Gasteiger partial charge in [-0.2, -0.15) is 0 Å². The van der Waals surface area contributed by atoms with Crippen molar-refractivity contribution in [3.63, 3.8) is 0 Å². The molecule has 1 aliphatic heterocycles. The summed E-state index contributed by atoms with van der Waals surface area (Å²) in [6, 6.07) is -0.304. The number of thiazole rings is 1. The van der Waals surface area contributed by atoms with E-state index in [2.05, 4.69) is 10.3 Å². The number of aliphatic carboxylic acids is 1. The number of likely N-dealkylation sites (tertiary alicyclic amines) is 1. The zero-order valence-corrected chi connectivity index (χ0v) is 13.0. The molecule has 1 aromatic rings. The Morgan fingerprint density at radius 3 is 2.81 bits per heavy atom. The molecule has 2 heterocycles. The molecule has 1 atom stereocenters. The van der Waals surface area contributed by atoms with E-state index in [-0.39, 0.29) is 18.4 Å². The van der Waals surface area contributed by atoms with Crippen molar-refractivity contribution in [3.05, 3.63) is 11.1 Å². The summed E-state index contributed by atoms with van der Waals surface area (Å²) < 4.78 is 0. The summed E-state index contributed by atoms with van der Waals surface area (Å²) in [6.07, 6.45) is 3.85. The van der Waals surface area contributed by atoms with Crippen molar-refractivity contribution in [2.75, 3.05) is 18.4 Å². The third-order valence-electron chi connectivity index (χ3n) is 3.52. The van der Waals surface area contributed by atoms with Crippen molar-refractivity contribution in [2.45, 2.75) is 45.1 Å². The molecule has 0 aliphatic carbocycles. The van der Waals surface area contributed by atoms with E-state index in [1.165, 1.54) is 17.8 Å². The highest BCUT2D eigenvalue weighted by Gasteiger charge is 2.22. The van der Waals surface area contributed by atoms with Gasteiger partial charge in [-0.15, -0.1) is 11.3 Å². The van der Waals surface area contributed by atoms with E-state index in [4.69, 9.17) is 5.11 Å². The Morgan fingerprint density at radius 1 is 1.43 bits per heavy atom. The summed E-state index contributed by atoms with van der Waals surface area (Å²) in [5, 5.41) is 14.3. The summed E-state index contributed by atoms with van der Waals surface area (Å²) in [6.45, 7) is 3.52. The first-order chi connectivity index (χ1) is 10.1. The van der Waals surface area contributed by atoms with Crippen LogP contribution in [0.3, 0.4) is 0 Å². The number of anilines is 1. The van der Waals surface area contributed by atoms with Crippen LogP contribution in [-0.4, -0.2) is 46.0 Å². The number of aryl methyl sites for hydroxylation is 1. The smallest absolute Gasteiger partial charge is 0.303 e. The zero-order chi connectivity index (χ0) is 15.2. The van der Waals surface area contributed by atoms with Crippen molar-refractivity contribution in [3.8, 4) is 0 Å². The van der Waals surface area contributed by atoms with E-state index < -0.39 is 5.97 Å². The lowest BCUT2D eigenvalue weighted by molar-refractivity contribution is -0.137. The highest BCUT2D eigenvalue weighted by molar-refractivity contribution is 7.13. The maximum atomic E-state index is 12.3. The van der Waals surface area contributed by atoms with E-state index >= 15 is 0 Å². The topological polar surface area (TPSA) is 82.5 Å². The normalized spacial score (nSPS) is 16.5. The number of rotatable bonds is 6. The average Bonchev–Trinajstić information content (AvgIpc) is 2.92. The second kappa shape index (κ2) is 7.40. The van der Waals surface area contributed by atoms with Gasteiger partial charge >= 0.3 is 5.97 Å². The van der Waals surface area contributed by atoms with Gasteiger partial charge in [0.05, 0.1) is 12.1 Å². The summed E-state index contributed by atoms with van der Waals surface area (Å²) in [4.78, 5) is 29.0. The van der Waals surface area contributed by atoms with Gasteiger partial charge in [0.2, 0.25) is 5.91 Å². The zero-order valence-electron chi connectivity index (χ0n) is 12.2. The Bertz CT molecular complexity index is 497. The third-order valence-corrected chi connectivity index (χ3v) is 4.35. The summed E-state index contributed by atoms with van der Waals surface area (Å²) >= 11 is 1.41. The molecule has 1 fully saturated rings. The molecule has 0 radical (unpaired) electrons. The quantitative estimate of drug-likeness (QED) is 0.839. The molecule has 21 heavy (non-hydrogen) atoms. The molecule has 1 unspecified atom stereocenters. The number of carbonyl (C=O) groups is 2. The van der Waals surface area contributed by atoms with Crippen LogP contribution in [0.5, 0.6) is 0 Å². The number of nitrogens with zero attached hydrogens (tertiary/aromatic N) is 2. The largest absolute Gasteiger partial charge is 0.481 e. The van der Waals surface area contributed by atoms with Crippen LogP contribution in [0.1, 0.15) is 38.3 Å². The predicted molar refractivity (Wildman–Crippen MR) is 81.6 cm³/mol. The minimum absolute atomic E-state index is 0.0748. The Labute approximate surface area is 128 Å². The first kappa shape index (κ1) is 15.8. The molecule has 2 rings (SSSR count). The number of carboxylic acid groups (broad SMARTS) is 1. The Morgan fingerprint density at radius 2 is 2.14 bits per heavy atom. The maximum absolute atomic E-state index is 12.3. The molecule has 2 N–H and O–H groups in total. The minimum Gasteiger partial charge on any atom is -0.481 e. The standard InChI is InChI=1S/C14H21N3O3S/c1-10(13(20)17-7-3-2-4-8-17)15-14-16-11(9-21-14)5-6-12(18)19/h9-10H,2-8H2,1H3,(H,15,16)(H,18,19). The van der Waals surface area contributed by atoms with E-state index in [9.17, 15) is 9.59 Å². The van der Waals surface area contributed by atoms with Gasteiger partial charge in [-0.3, -0.25) is 9.59 Å². The van der Waals surface area contributed by atoms with Gasteiger partial charge in [-0.1, -0.05) is 0 Å². The summed E-state index contributed by atoms with van der Waals surface area (Å²) in [5.74, 6) is -0.719. The molecule has 1 aliphatic rings. The number of aromatic nitrogens is 1. The minimum atomic E-state index is -0.828. The van der Waals surface area contributed by atoms with E-state index in [1.54, 1.807) is 0 Å². The molecule has 1 saturated heterocycles. The van der Waals surface area contributed by atoms with Gasteiger partial charge in [-0.05, 0) is 26.2 Å². The Hall–Kier alpha value is -1.63. The number of amides is 1. The summed E-state index contributed by atoms with van der Waals surface area (Å²) in [5.41, 5.74) is 0.752. The second-order valence-corrected chi connectivity index (χ2v) is 6.15. The lowest BCUT2D eigenvalue weighted by atomic mass is 10.1. The number of carbonyl (C=O) groups excluding carboxylic acids is 1. The van der Waals surface area contributed by atoms with E-state index in [0.717, 1.165) is 31.6 Å². The number of nitrogens with one attached hydrogen (secondary N) is 1. The van der Waals surface area contributed by atoms with Gasteiger partial charge in [0.15, 0.2) is 5.13 Å². The molecule has 0 bridgehead atoms. The van der Waals surface area contributed by atoms with Gasteiger partial charge in [0, 0.05) is 24.9 Å². The molecular formula is C14H21N3O3S. The molecule has 7 heteroatoms. The fraction of sp³-hybridized carbons (Fsp3) is 0.643. The Balaban J connectivity index is 1.85. The predicted octanol–water partition coefficient (Wildman–Crippen LogP) is 1.97. The second-order valence-electron chi connectivity index (χ2n) is 5.29. The van der Waals surface area contributed by atoms with Crippen LogP contribution in [0.2, 0.25) is 0 Å². The van der Waals surface area contributed by atoms with Gasteiger partial charge < -0.3 is 15.3 Å². The van der Waals surface area contributed by atoms with Crippen molar-refractivity contribution < 1.29 is 14.7 Å². The average molecular weight is 311 g/mol. The molecule has 0 aromatic carbocycles. The maximum Gasteiger partial charge on any atom is 0.303 e. The van der Waals surface area contributed by atoms with Crippen LogP contribution < -0.4 is 5.32 Å². The number of hydrogen-bond acceptors (Lipinski definition) is 5. The number of hydrogen-bond donors (Lipinski definition) is 2. The van der Waals surface area contributed by atoms with Gasteiger partial charge in [0.1, 0.15) is 6.04 Å². The van der Waals surface area contributed by atoms with Crippen LogP contribution in [-0.2, 0) is 16.0 Å². The summed E-state index contributed by atoms with van der Waals surface area (Å²) in [7, 11) is 0. The lowest BCUT2D eigenvalue weighted by Crippen LogP contribution is -2.43. The molecule has 1 aromatic heterocycles. The van der Waals surface area contributed by atoms with Crippen LogP contribution in [0, 0.1) is 0 Å². The van der Waals surface area contributed by atoms with Crippen LogP contribution in [0.15, 0.2) is 5.38 Å². The molecule has 0 spiro atoms. The van der Waals surface area contributed by atoms with Crippen LogP contribution >= 0.6 is 11.3 Å². The van der Waals surface area contributed by atoms with Gasteiger partial charge in [0.25, 0.3) is 0 Å². The fourth-order valence-corrected chi connectivity index (χ4v) is 3.19. The van der Waals surface area contributed by atoms with E-state index in [1.807, 2.05) is 17.2 Å². The first-order valence-electron chi connectivity index (χ1n) is 7.28. The van der Waals surface area contributed by atoms with Gasteiger partial charge in [-0.25, -0.2) is 4.98 Å². The SMILES string of the molecule is CC(Nc1nc(CCC(=O)O)cs1)C(=O)N1CCCCC1. The van der Waals surface area contributed by atoms with Crippen molar-refractivity contribution >= 4 is 28.3 Å². The number of carboxylic acids is 1. The van der Waals surface area contributed by atoms with Crippen LogP contribution in [0.25, 0.3) is 0 Å². The highest BCUT2D eigenvalue weighted by atomic mass is 32.1. The molecule has 6 nitrogen and oxygen atoms in total. The highest BCUT2D eigenvalue weighted by Crippen LogP contribution is 2.18. The Kier molecular flexibility index (Phi) is 5.55. The molecule has 116 valence electrons. The lowest BCUT2D eigenvalue weighted by Gasteiger charge is -2.29. The number of piperidine rings is 1. The van der Waals surface area contributed by atoms with E-state index in [0.29, 0.717) is 11.6 Å². The molecular weight excluding hydrogens is 290 g/mol. The monoisotopic (exact) mass is 311 g/mol.